The number of carboxylic acids is 1. The fourth-order valence-corrected chi connectivity index (χ4v) is 2.18. The summed E-state index contributed by atoms with van der Waals surface area (Å²) < 4.78 is 0. The second-order valence-electron chi connectivity index (χ2n) is 4.87. The minimum absolute atomic E-state index is 0.276. The van der Waals surface area contributed by atoms with Gasteiger partial charge in [0.05, 0.1) is 11.5 Å². The van der Waals surface area contributed by atoms with Crippen LogP contribution in [0.25, 0.3) is 0 Å². The first kappa shape index (κ1) is 12.1. The van der Waals surface area contributed by atoms with Crippen molar-refractivity contribution in [2.24, 2.45) is 5.92 Å². The Bertz CT molecular complexity index is 396. The molecule has 0 amide bonds. The van der Waals surface area contributed by atoms with E-state index in [1.165, 1.54) is 0 Å². The number of likely N-dealkylation sites (tertiary alicyclic amines) is 1. The maximum absolute atomic E-state index is 10.7. The van der Waals surface area contributed by atoms with Gasteiger partial charge in [0.2, 0.25) is 0 Å². The molecule has 1 aliphatic rings. The summed E-state index contributed by atoms with van der Waals surface area (Å²) in [4.78, 5) is 12.6. The molecule has 2 N–H and O–H groups in total. The van der Waals surface area contributed by atoms with E-state index in [0.717, 1.165) is 5.56 Å². The predicted molar refractivity (Wildman–Crippen MR) is 63.6 cm³/mol. The highest BCUT2D eigenvalue weighted by atomic mass is 16.4. The number of aliphatic hydroxyl groups is 1. The Labute approximate surface area is 100 Å². The van der Waals surface area contributed by atoms with Crippen LogP contribution in [0.3, 0.4) is 0 Å². The summed E-state index contributed by atoms with van der Waals surface area (Å²) in [6.45, 7) is 3.29. The first-order valence-corrected chi connectivity index (χ1v) is 5.72. The Kier molecular flexibility index (Phi) is 3.17. The molecule has 17 heavy (non-hydrogen) atoms. The molecule has 0 saturated carbocycles. The van der Waals surface area contributed by atoms with Gasteiger partial charge in [-0.15, -0.1) is 0 Å². The average Bonchev–Trinajstić information content (AvgIpc) is 2.24. The van der Waals surface area contributed by atoms with Crippen molar-refractivity contribution in [1.82, 2.24) is 4.90 Å². The number of hydrogen-bond acceptors (Lipinski definition) is 3. The first-order chi connectivity index (χ1) is 7.99. The summed E-state index contributed by atoms with van der Waals surface area (Å²) in [5.74, 6) is -1.03. The van der Waals surface area contributed by atoms with Crippen LogP contribution in [0.2, 0.25) is 0 Å². The summed E-state index contributed by atoms with van der Waals surface area (Å²) >= 11 is 0. The molecule has 92 valence electrons. The van der Waals surface area contributed by atoms with Gasteiger partial charge in [0.1, 0.15) is 0 Å². The van der Waals surface area contributed by atoms with Crippen molar-refractivity contribution in [3.8, 4) is 0 Å². The van der Waals surface area contributed by atoms with Crippen molar-refractivity contribution in [2.75, 3.05) is 19.6 Å². The summed E-state index contributed by atoms with van der Waals surface area (Å²) in [5, 5.41) is 19.1. The fraction of sp³-hybridized carbons (Fsp3) is 0.462. The van der Waals surface area contributed by atoms with E-state index >= 15 is 0 Å². The number of rotatable bonds is 4. The molecule has 1 heterocycles. The molecule has 1 aromatic rings. The highest BCUT2D eigenvalue weighted by molar-refractivity contribution is 5.71. The van der Waals surface area contributed by atoms with Gasteiger partial charge >= 0.3 is 5.97 Å². The van der Waals surface area contributed by atoms with Gasteiger partial charge in [-0.1, -0.05) is 30.3 Å². The summed E-state index contributed by atoms with van der Waals surface area (Å²) in [6, 6.07) is 9.45. The Hall–Kier alpha value is -1.39. The lowest BCUT2D eigenvalue weighted by atomic mass is 9.92. The van der Waals surface area contributed by atoms with Gasteiger partial charge in [0, 0.05) is 19.6 Å². The van der Waals surface area contributed by atoms with Crippen LogP contribution in [0.15, 0.2) is 30.3 Å². The van der Waals surface area contributed by atoms with Crippen LogP contribution in [0.1, 0.15) is 12.5 Å². The Morgan fingerprint density at radius 3 is 2.53 bits per heavy atom. The Morgan fingerprint density at radius 2 is 2.00 bits per heavy atom. The molecule has 1 aliphatic heterocycles. The van der Waals surface area contributed by atoms with Crippen LogP contribution in [0, 0.1) is 5.92 Å². The molecule has 1 saturated heterocycles. The second kappa shape index (κ2) is 4.47. The molecule has 4 nitrogen and oxygen atoms in total. The van der Waals surface area contributed by atoms with E-state index in [2.05, 4.69) is 0 Å². The minimum Gasteiger partial charge on any atom is -0.481 e. The van der Waals surface area contributed by atoms with E-state index in [1.54, 1.807) is 6.92 Å². The van der Waals surface area contributed by atoms with Gasteiger partial charge in [0.15, 0.2) is 0 Å². The fourth-order valence-electron chi connectivity index (χ4n) is 2.18. The lowest BCUT2D eigenvalue weighted by Gasteiger charge is -2.41. The molecule has 2 rings (SSSR count). The smallest absolute Gasteiger partial charge is 0.309 e. The molecule has 1 fully saturated rings. The zero-order valence-electron chi connectivity index (χ0n) is 9.84. The monoisotopic (exact) mass is 235 g/mol. The van der Waals surface area contributed by atoms with Crippen molar-refractivity contribution < 1.29 is 15.0 Å². The van der Waals surface area contributed by atoms with Crippen LogP contribution in [-0.2, 0) is 10.4 Å². The Morgan fingerprint density at radius 1 is 1.41 bits per heavy atom. The predicted octanol–water partition coefficient (Wildman–Crippen LogP) is 0.910. The van der Waals surface area contributed by atoms with Gasteiger partial charge in [-0.3, -0.25) is 9.69 Å². The molecular formula is C13H17NO3. The minimum atomic E-state index is -0.926. The Balaban J connectivity index is 1.93. The highest BCUT2D eigenvalue weighted by Gasteiger charge is 2.36. The molecule has 0 aromatic heterocycles. The van der Waals surface area contributed by atoms with Crippen molar-refractivity contribution in [2.45, 2.75) is 12.5 Å². The van der Waals surface area contributed by atoms with Crippen molar-refractivity contribution >= 4 is 5.97 Å². The summed E-state index contributed by atoms with van der Waals surface area (Å²) in [6.07, 6.45) is 0. The molecular weight excluding hydrogens is 218 g/mol. The van der Waals surface area contributed by atoms with E-state index in [1.807, 2.05) is 35.2 Å². The third-order valence-corrected chi connectivity index (χ3v) is 3.23. The number of β-amino-alcohol motifs (C(OH)–C–C–N with tert-alkyl or cyclic N) is 1. The zero-order valence-corrected chi connectivity index (χ0v) is 9.84. The number of aliphatic carboxylic acids is 1. The standard InChI is InChI=1S/C13H17NO3/c1-13(17,11-5-3-2-4-6-11)9-14-7-10(8-14)12(15)16/h2-6,10,17H,7-9H2,1H3,(H,15,16). The summed E-state index contributed by atoms with van der Waals surface area (Å²) in [7, 11) is 0. The number of benzene rings is 1. The highest BCUT2D eigenvalue weighted by Crippen LogP contribution is 2.25. The second-order valence-corrected chi connectivity index (χ2v) is 4.87. The van der Waals surface area contributed by atoms with Crippen LogP contribution in [-0.4, -0.2) is 40.7 Å². The van der Waals surface area contributed by atoms with Crippen LogP contribution < -0.4 is 0 Å². The van der Waals surface area contributed by atoms with E-state index in [9.17, 15) is 9.90 Å². The molecule has 0 spiro atoms. The molecule has 1 aromatic carbocycles. The third kappa shape index (κ3) is 2.65. The van der Waals surface area contributed by atoms with E-state index < -0.39 is 11.6 Å². The average molecular weight is 235 g/mol. The number of hydrogen-bond donors (Lipinski definition) is 2. The SMILES string of the molecule is CC(O)(CN1CC(C(=O)O)C1)c1ccccc1. The van der Waals surface area contributed by atoms with Crippen LogP contribution in [0.4, 0.5) is 0 Å². The van der Waals surface area contributed by atoms with Crippen molar-refractivity contribution in [3.05, 3.63) is 35.9 Å². The van der Waals surface area contributed by atoms with Crippen molar-refractivity contribution in [1.29, 1.82) is 0 Å². The normalized spacial score (nSPS) is 20.6. The van der Waals surface area contributed by atoms with E-state index in [-0.39, 0.29) is 5.92 Å². The van der Waals surface area contributed by atoms with Gasteiger partial charge in [-0.05, 0) is 12.5 Å². The molecule has 0 bridgehead atoms. The van der Waals surface area contributed by atoms with Gasteiger partial charge in [0.25, 0.3) is 0 Å². The quantitative estimate of drug-likeness (QED) is 0.814. The van der Waals surface area contributed by atoms with Crippen molar-refractivity contribution in [3.63, 3.8) is 0 Å². The van der Waals surface area contributed by atoms with E-state index in [4.69, 9.17) is 5.11 Å². The first-order valence-electron chi connectivity index (χ1n) is 5.72. The maximum Gasteiger partial charge on any atom is 0.309 e. The molecule has 1 unspecified atom stereocenters. The van der Waals surface area contributed by atoms with Gasteiger partial charge < -0.3 is 10.2 Å². The molecule has 4 heteroatoms. The van der Waals surface area contributed by atoms with Gasteiger partial charge in [-0.2, -0.15) is 0 Å². The topological polar surface area (TPSA) is 60.8 Å². The number of nitrogens with zero attached hydrogens (tertiary/aromatic N) is 1. The van der Waals surface area contributed by atoms with Crippen LogP contribution >= 0.6 is 0 Å². The van der Waals surface area contributed by atoms with Crippen LogP contribution in [0.5, 0.6) is 0 Å². The maximum atomic E-state index is 10.7. The van der Waals surface area contributed by atoms with Gasteiger partial charge in [-0.25, -0.2) is 0 Å². The zero-order chi connectivity index (χ0) is 12.5. The number of carbonyl (C=O) groups is 1. The lowest BCUT2D eigenvalue weighted by molar-refractivity contribution is -0.149. The lowest BCUT2D eigenvalue weighted by Crippen LogP contribution is -2.54. The molecule has 1 atom stereocenters. The molecule has 0 radical (unpaired) electrons. The van der Waals surface area contributed by atoms with E-state index in [0.29, 0.717) is 19.6 Å². The summed E-state index contributed by atoms with van der Waals surface area (Å²) in [5.41, 5.74) is -0.0659. The molecule has 0 aliphatic carbocycles. The number of carboxylic acid groups (broad SMARTS) is 1. The largest absolute Gasteiger partial charge is 0.481 e. The third-order valence-electron chi connectivity index (χ3n) is 3.23.